The number of hydrogen-bond acceptors (Lipinski definition) is 2. The fourth-order valence-electron chi connectivity index (χ4n) is 3.24. The van der Waals surface area contributed by atoms with Crippen molar-refractivity contribution in [2.24, 2.45) is 17.6 Å². The molecule has 0 saturated heterocycles. The van der Waals surface area contributed by atoms with E-state index >= 15 is 0 Å². The van der Waals surface area contributed by atoms with Gasteiger partial charge in [0.2, 0.25) is 0 Å². The Morgan fingerprint density at radius 2 is 1.89 bits per heavy atom. The minimum Gasteiger partial charge on any atom is -0.378 e. The van der Waals surface area contributed by atoms with E-state index in [0.29, 0.717) is 5.92 Å². The van der Waals surface area contributed by atoms with Gasteiger partial charge in [-0.05, 0) is 42.4 Å². The summed E-state index contributed by atoms with van der Waals surface area (Å²) in [6, 6.07) is 8.91. The highest BCUT2D eigenvalue weighted by Gasteiger charge is 2.25. The van der Waals surface area contributed by atoms with Gasteiger partial charge in [-0.1, -0.05) is 38.3 Å². The number of nitrogens with two attached hydrogens (primary N) is 1. The minimum absolute atomic E-state index is 0.206. The molecule has 2 rings (SSSR count). The van der Waals surface area contributed by atoms with E-state index in [-0.39, 0.29) is 6.04 Å². The second-order valence-corrected chi connectivity index (χ2v) is 6.20. The molecule has 1 unspecified atom stereocenters. The Hall–Kier alpha value is -1.02. The van der Waals surface area contributed by atoms with Crippen LogP contribution in [0, 0.1) is 11.8 Å². The molecule has 1 aliphatic carbocycles. The molecule has 1 aliphatic rings. The molecule has 0 spiro atoms. The van der Waals surface area contributed by atoms with Crippen LogP contribution in [0.3, 0.4) is 0 Å². The predicted molar refractivity (Wildman–Crippen MR) is 83.4 cm³/mol. The maximum atomic E-state index is 6.51. The van der Waals surface area contributed by atoms with Gasteiger partial charge in [-0.2, -0.15) is 0 Å². The van der Waals surface area contributed by atoms with Crippen LogP contribution in [0.2, 0.25) is 0 Å². The molecule has 0 aromatic heterocycles. The van der Waals surface area contributed by atoms with Gasteiger partial charge in [0.05, 0.1) is 0 Å². The van der Waals surface area contributed by atoms with Gasteiger partial charge in [-0.3, -0.25) is 0 Å². The van der Waals surface area contributed by atoms with Gasteiger partial charge in [0, 0.05) is 25.8 Å². The van der Waals surface area contributed by atoms with Gasteiger partial charge in [0.25, 0.3) is 0 Å². The van der Waals surface area contributed by atoms with Crippen LogP contribution in [0.15, 0.2) is 24.3 Å². The molecule has 0 aliphatic heterocycles. The molecule has 0 heterocycles. The fourth-order valence-corrected chi connectivity index (χ4v) is 3.24. The third-order valence-electron chi connectivity index (χ3n) is 4.75. The molecule has 0 bridgehead atoms. The Morgan fingerprint density at radius 3 is 2.47 bits per heavy atom. The zero-order valence-electron chi connectivity index (χ0n) is 12.6. The van der Waals surface area contributed by atoms with E-state index in [9.17, 15) is 0 Å². The van der Waals surface area contributed by atoms with Crippen molar-refractivity contribution in [3.63, 3.8) is 0 Å². The predicted octanol–water partition coefficient (Wildman–Crippen LogP) is 3.97. The van der Waals surface area contributed by atoms with Crippen LogP contribution in [0.5, 0.6) is 0 Å². The van der Waals surface area contributed by atoms with Crippen molar-refractivity contribution in [2.45, 2.75) is 45.1 Å². The average molecular weight is 260 g/mol. The molecule has 1 aromatic carbocycles. The van der Waals surface area contributed by atoms with Crippen LogP contribution < -0.4 is 10.6 Å². The Morgan fingerprint density at radius 1 is 1.21 bits per heavy atom. The van der Waals surface area contributed by atoms with E-state index in [1.165, 1.54) is 43.4 Å². The van der Waals surface area contributed by atoms with Crippen molar-refractivity contribution >= 4 is 5.69 Å². The number of anilines is 1. The van der Waals surface area contributed by atoms with Gasteiger partial charge >= 0.3 is 0 Å². The lowest BCUT2D eigenvalue weighted by Crippen LogP contribution is -2.26. The highest BCUT2D eigenvalue weighted by molar-refractivity contribution is 5.47. The summed E-state index contributed by atoms with van der Waals surface area (Å²) in [6.45, 7) is 2.31. The Labute approximate surface area is 118 Å². The number of benzene rings is 1. The van der Waals surface area contributed by atoms with E-state index in [0.717, 1.165) is 5.92 Å². The third kappa shape index (κ3) is 3.50. The number of nitrogens with zero attached hydrogens (tertiary/aromatic N) is 1. The SMILES string of the molecule is CCC1CCC(C(N)c2cccc(N(C)C)c2)CC1. The van der Waals surface area contributed by atoms with E-state index in [1.807, 2.05) is 0 Å². The lowest BCUT2D eigenvalue weighted by molar-refractivity contribution is 0.240. The lowest BCUT2D eigenvalue weighted by Gasteiger charge is -2.32. The highest BCUT2D eigenvalue weighted by atomic mass is 15.1. The maximum absolute atomic E-state index is 6.51. The summed E-state index contributed by atoms with van der Waals surface area (Å²) < 4.78 is 0. The van der Waals surface area contributed by atoms with Gasteiger partial charge < -0.3 is 10.6 Å². The zero-order valence-corrected chi connectivity index (χ0v) is 12.6. The van der Waals surface area contributed by atoms with Gasteiger partial charge in [0.1, 0.15) is 0 Å². The van der Waals surface area contributed by atoms with Crippen molar-refractivity contribution in [2.75, 3.05) is 19.0 Å². The van der Waals surface area contributed by atoms with Gasteiger partial charge in [0.15, 0.2) is 0 Å². The summed E-state index contributed by atoms with van der Waals surface area (Å²) in [5.41, 5.74) is 9.05. The molecule has 0 radical (unpaired) electrons. The molecule has 1 aromatic rings. The molecule has 1 saturated carbocycles. The minimum atomic E-state index is 0.206. The smallest absolute Gasteiger partial charge is 0.0364 e. The highest BCUT2D eigenvalue weighted by Crippen LogP contribution is 2.37. The quantitative estimate of drug-likeness (QED) is 0.887. The largest absolute Gasteiger partial charge is 0.378 e. The summed E-state index contributed by atoms with van der Waals surface area (Å²) in [6.07, 6.45) is 6.65. The second kappa shape index (κ2) is 6.42. The van der Waals surface area contributed by atoms with Gasteiger partial charge in [-0.15, -0.1) is 0 Å². The molecule has 1 fully saturated rings. The van der Waals surface area contributed by atoms with Crippen LogP contribution in [0.25, 0.3) is 0 Å². The van der Waals surface area contributed by atoms with Crippen LogP contribution in [-0.2, 0) is 0 Å². The van der Waals surface area contributed by atoms with Crippen molar-refractivity contribution in [1.29, 1.82) is 0 Å². The molecule has 19 heavy (non-hydrogen) atoms. The number of rotatable bonds is 4. The Bertz CT molecular complexity index is 392. The summed E-state index contributed by atoms with van der Waals surface area (Å²) >= 11 is 0. The van der Waals surface area contributed by atoms with Crippen molar-refractivity contribution in [3.05, 3.63) is 29.8 Å². The molecule has 2 nitrogen and oxygen atoms in total. The average Bonchev–Trinajstić information content (AvgIpc) is 2.46. The van der Waals surface area contributed by atoms with Crippen molar-refractivity contribution < 1.29 is 0 Å². The molecule has 106 valence electrons. The second-order valence-electron chi connectivity index (χ2n) is 6.20. The fraction of sp³-hybridized carbons (Fsp3) is 0.647. The van der Waals surface area contributed by atoms with Crippen LogP contribution >= 0.6 is 0 Å². The molecule has 0 amide bonds. The van der Waals surface area contributed by atoms with E-state index in [4.69, 9.17) is 5.73 Å². The third-order valence-corrected chi connectivity index (χ3v) is 4.75. The summed E-state index contributed by atoms with van der Waals surface area (Å²) in [5, 5.41) is 0. The molecule has 2 N–H and O–H groups in total. The van der Waals surface area contributed by atoms with E-state index < -0.39 is 0 Å². The Balaban J connectivity index is 2.03. The topological polar surface area (TPSA) is 29.3 Å². The Kier molecular flexibility index (Phi) is 4.87. The standard InChI is InChI=1S/C17H28N2/c1-4-13-8-10-14(11-9-13)17(18)15-6-5-7-16(12-15)19(2)3/h5-7,12-14,17H,4,8-11,18H2,1-3H3. The van der Waals surface area contributed by atoms with Crippen molar-refractivity contribution in [3.8, 4) is 0 Å². The first-order valence-electron chi connectivity index (χ1n) is 7.64. The first kappa shape index (κ1) is 14.4. The molecule has 2 heteroatoms. The number of hydrogen-bond donors (Lipinski definition) is 1. The maximum Gasteiger partial charge on any atom is 0.0364 e. The first-order chi connectivity index (χ1) is 9.11. The molecular weight excluding hydrogens is 232 g/mol. The van der Waals surface area contributed by atoms with Crippen LogP contribution in [0.4, 0.5) is 5.69 Å². The summed E-state index contributed by atoms with van der Waals surface area (Å²) in [5.74, 6) is 1.61. The summed E-state index contributed by atoms with van der Waals surface area (Å²) in [4.78, 5) is 2.14. The van der Waals surface area contributed by atoms with Crippen LogP contribution in [-0.4, -0.2) is 14.1 Å². The monoisotopic (exact) mass is 260 g/mol. The van der Waals surface area contributed by atoms with E-state index in [2.05, 4.69) is 50.2 Å². The molecular formula is C17H28N2. The van der Waals surface area contributed by atoms with E-state index in [1.54, 1.807) is 0 Å². The normalized spacial score (nSPS) is 25.1. The summed E-state index contributed by atoms with van der Waals surface area (Å²) in [7, 11) is 4.16. The lowest BCUT2D eigenvalue weighted by atomic mass is 9.76. The van der Waals surface area contributed by atoms with Crippen molar-refractivity contribution in [1.82, 2.24) is 0 Å². The molecule has 1 atom stereocenters. The zero-order chi connectivity index (χ0) is 13.8. The van der Waals surface area contributed by atoms with Crippen LogP contribution in [0.1, 0.15) is 50.6 Å². The first-order valence-corrected chi connectivity index (χ1v) is 7.64. The van der Waals surface area contributed by atoms with Gasteiger partial charge in [-0.25, -0.2) is 0 Å².